The molecule has 0 atom stereocenters. The molecule has 0 amide bonds. The Hall–Kier alpha value is -2.15. The number of fused-ring (bicyclic) bond motifs is 1. The first kappa shape index (κ1) is 13.3. The van der Waals surface area contributed by atoms with Crippen LogP contribution in [-0.4, -0.2) is 38.4 Å². The van der Waals surface area contributed by atoms with E-state index in [2.05, 4.69) is 10.1 Å². The number of aromatic amines is 1. The highest BCUT2D eigenvalue weighted by molar-refractivity contribution is 5.89. The first-order valence-electron chi connectivity index (χ1n) is 5.95. The van der Waals surface area contributed by atoms with Crippen LogP contribution in [0.2, 0.25) is 0 Å². The molecule has 2 N–H and O–H groups in total. The molecule has 19 heavy (non-hydrogen) atoms. The van der Waals surface area contributed by atoms with E-state index in [1.54, 1.807) is 26.1 Å². The van der Waals surface area contributed by atoms with Crippen molar-refractivity contribution in [3.63, 3.8) is 0 Å². The first-order valence-corrected chi connectivity index (χ1v) is 5.95. The molecule has 7 heteroatoms. The maximum atomic E-state index is 12.2. The number of esters is 1. The van der Waals surface area contributed by atoms with E-state index in [-0.39, 0.29) is 30.4 Å². The van der Waals surface area contributed by atoms with E-state index in [0.29, 0.717) is 5.65 Å². The van der Waals surface area contributed by atoms with E-state index in [1.165, 1.54) is 4.52 Å². The molecule has 0 unspecified atom stereocenters. The van der Waals surface area contributed by atoms with Gasteiger partial charge >= 0.3 is 5.97 Å². The van der Waals surface area contributed by atoms with E-state index in [1.807, 2.05) is 0 Å². The molecule has 0 fully saturated rings. The van der Waals surface area contributed by atoms with Crippen LogP contribution in [0.25, 0.3) is 5.65 Å². The molecule has 0 spiro atoms. The molecule has 0 saturated heterocycles. The van der Waals surface area contributed by atoms with Gasteiger partial charge < -0.3 is 9.84 Å². The number of nitrogens with one attached hydrogen (secondary N) is 1. The summed E-state index contributed by atoms with van der Waals surface area (Å²) in [5.74, 6) is -0.653. The standard InChI is InChI=1S/C12H15N3O4/c1-7(2)19-12(18)10-8(4-6-16)11(17)15-9(14-10)3-5-13-15/h3,5,7,13,16H,4,6H2,1-2H3. The Morgan fingerprint density at radius 3 is 2.95 bits per heavy atom. The van der Waals surface area contributed by atoms with Crippen molar-refractivity contribution in [3.05, 3.63) is 33.9 Å². The van der Waals surface area contributed by atoms with Gasteiger partial charge in [-0.2, -0.15) is 0 Å². The Morgan fingerprint density at radius 1 is 1.58 bits per heavy atom. The van der Waals surface area contributed by atoms with Gasteiger partial charge in [0, 0.05) is 25.3 Å². The maximum absolute atomic E-state index is 12.2. The average molecular weight is 265 g/mol. The third-order valence-corrected chi connectivity index (χ3v) is 2.54. The molecule has 0 aliphatic carbocycles. The largest absolute Gasteiger partial charge is 0.458 e. The van der Waals surface area contributed by atoms with Gasteiger partial charge in [-0.05, 0) is 13.8 Å². The van der Waals surface area contributed by atoms with E-state index in [4.69, 9.17) is 9.84 Å². The third kappa shape index (κ3) is 2.50. The minimum atomic E-state index is -0.653. The molecule has 7 nitrogen and oxygen atoms in total. The molecule has 0 saturated carbocycles. The fraction of sp³-hybridized carbons (Fsp3) is 0.417. The molecule has 0 bridgehead atoms. The van der Waals surface area contributed by atoms with Gasteiger partial charge in [0.2, 0.25) is 0 Å². The number of aliphatic hydroxyl groups is 1. The summed E-state index contributed by atoms with van der Waals surface area (Å²) in [4.78, 5) is 28.2. The van der Waals surface area contributed by atoms with Gasteiger partial charge in [0.1, 0.15) is 0 Å². The number of carbonyl (C=O) groups is 1. The molecule has 2 heterocycles. The second kappa shape index (κ2) is 5.23. The average Bonchev–Trinajstić information content (AvgIpc) is 2.80. The zero-order chi connectivity index (χ0) is 14.0. The van der Waals surface area contributed by atoms with Gasteiger partial charge in [-0.25, -0.2) is 14.3 Å². The number of nitrogens with zero attached hydrogens (tertiary/aromatic N) is 2. The summed E-state index contributed by atoms with van der Waals surface area (Å²) < 4.78 is 6.28. The highest BCUT2D eigenvalue weighted by atomic mass is 16.5. The normalized spacial score (nSPS) is 11.2. The van der Waals surface area contributed by atoms with E-state index < -0.39 is 11.5 Å². The number of hydrogen-bond acceptors (Lipinski definition) is 5. The van der Waals surface area contributed by atoms with Crippen molar-refractivity contribution in [1.29, 1.82) is 0 Å². The highest BCUT2D eigenvalue weighted by Crippen LogP contribution is 2.08. The zero-order valence-corrected chi connectivity index (χ0v) is 10.7. The highest BCUT2D eigenvalue weighted by Gasteiger charge is 2.21. The second-order valence-corrected chi connectivity index (χ2v) is 4.33. The van der Waals surface area contributed by atoms with Crippen molar-refractivity contribution in [2.75, 3.05) is 6.61 Å². The van der Waals surface area contributed by atoms with Gasteiger partial charge in [0.25, 0.3) is 5.56 Å². The number of aromatic nitrogens is 3. The van der Waals surface area contributed by atoms with Crippen molar-refractivity contribution in [2.45, 2.75) is 26.4 Å². The zero-order valence-electron chi connectivity index (χ0n) is 10.7. The lowest BCUT2D eigenvalue weighted by Gasteiger charge is -2.10. The Kier molecular flexibility index (Phi) is 3.66. The Labute approximate surface area is 108 Å². The molecule has 102 valence electrons. The molecule has 0 aliphatic heterocycles. The first-order chi connectivity index (χ1) is 9.04. The van der Waals surface area contributed by atoms with Gasteiger partial charge in [-0.15, -0.1) is 0 Å². The van der Waals surface area contributed by atoms with Crippen LogP contribution in [0.5, 0.6) is 0 Å². The maximum Gasteiger partial charge on any atom is 0.357 e. The molecule has 2 aromatic rings. The lowest BCUT2D eigenvalue weighted by Crippen LogP contribution is -2.27. The van der Waals surface area contributed by atoms with Crippen LogP contribution in [0.1, 0.15) is 29.9 Å². The minimum absolute atomic E-state index is 0.0349. The van der Waals surface area contributed by atoms with Crippen LogP contribution < -0.4 is 5.56 Å². The van der Waals surface area contributed by atoms with Gasteiger partial charge in [0.15, 0.2) is 11.3 Å². The van der Waals surface area contributed by atoms with Gasteiger partial charge in [-0.3, -0.25) is 9.89 Å². The van der Waals surface area contributed by atoms with Gasteiger partial charge in [-0.1, -0.05) is 0 Å². The Morgan fingerprint density at radius 2 is 2.32 bits per heavy atom. The topological polar surface area (TPSA) is 96.7 Å². The predicted octanol–water partition coefficient (Wildman–Crippen LogP) is 0.123. The molecule has 0 radical (unpaired) electrons. The number of ether oxygens (including phenoxy) is 1. The van der Waals surface area contributed by atoms with Crippen molar-refractivity contribution in [3.8, 4) is 0 Å². The molecular formula is C12H15N3O4. The van der Waals surface area contributed by atoms with Crippen molar-refractivity contribution >= 4 is 11.6 Å². The van der Waals surface area contributed by atoms with Crippen molar-refractivity contribution < 1.29 is 14.6 Å². The lowest BCUT2D eigenvalue weighted by molar-refractivity contribution is 0.0369. The van der Waals surface area contributed by atoms with E-state index >= 15 is 0 Å². The summed E-state index contributed by atoms with van der Waals surface area (Å²) in [7, 11) is 0. The number of H-pyrrole nitrogens is 1. The summed E-state index contributed by atoms with van der Waals surface area (Å²) in [6.45, 7) is 3.18. The molecule has 2 aromatic heterocycles. The van der Waals surface area contributed by atoms with E-state index in [9.17, 15) is 9.59 Å². The van der Waals surface area contributed by atoms with Crippen LogP contribution in [-0.2, 0) is 11.2 Å². The van der Waals surface area contributed by atoms with Crippen LogP contribution >= 0.6 is 0 Å². The molecular weight excluding hydrogens is 250 g/mol. The van der Waals surface area contributed by atoms with Crippen LogP contribution in [0.15, 0.2) is 17.1 Å². The summed E-state index contributed by atoms with van der Waals surface area (Å²) in [6, 6.07) is 1.58. The SMILES string of the molecule is CC(C)OC(=O)c1nc2cc[nH]n2c(=O)c1CCO. The smallest absolute Gasteiger partial charge is 0.357 e. The number of rotatable bonds is 4. The monoisotopic (exact) mass is 265 g/mol. The van der Waals surface area contributed by atoms with Gasteiger partial charge in [0.05, 0.1) is 11.7 Å². The number of hydrogen-bond donors (Lipinski definition) is 2. The summed E-state index contributed by atoms with van der Waals surface area (Å²) in [6.07, 6.45) is 1.29. The molecule has 2 rings (SSSR count). The Bertz CT molecular complexity index is 657. The second-order valence-electron chi connectivity index (χ2n) is 4.33. The summed E-state index contributed by atoms with van der Waals surface area (Å²) >= 11 is 0. The van der Waals surface area contributed by atoms with Crippen molar-refractivity contribution in [1.82, 2.24) is 14.6 Å². The fourth-order valence-corrected chi connectivity index (χ4v) is 1.77. The number of carbonyl (C=O) groups excluding carboxylic acids is 1. The summed E-state index contributed by atoms with van der Waals surface area (Å²) in [5.41, 5.74) is 0.0441. The van der Waals surface area contributed by atoms with Crippen LogP contribution in [0, 0.1) is 0 Å². The lowest BCUT2D eigenvalue weighted by atomic mass is 10.1. The van der Waals surface area contributed by atoms with Crippen LogP contribution in [0.3, 0.4) is 0 Å². The van der Waals surface area contributed by atoms with Crippen molar-refractivity contribution in [2.24, 2.45) is 0 Å². The van der Waals surface area contributed by atoms with Crippen LogP contribution in [0.4, 0.5) is 0 Å². The quantitative estimate of drug-likeness (QED) is 0.765. The summed E-state index contributed by atoms with van der Waals surface area (Å²) in [5, 5.41) is 11.7. The molecule has 0 aromatic carbocycles. The predicted molar refractivity (Wildman–Crippen MR) is 67.2 cm³/mol. The number of aliphatic hydroxyl groups excluding tert-OH is 1. The fourth-order valence-electron chi connectivity index (χ4n) is 1.77. The van der Waals surface area contributed by atoms with E-state index in [0.717, 1.165) is 0 Å². The Balaban J connectivity index is 2.60. The molecule has 0 aliphatic rings. The third-order valence-electron chi connectivity index (χ3n) is 2.54. The minimum Gasteiger partial charge on any atom is -0.458 e.